The second-order valence-electron chi connectivity index (χ2n) is 4.96. The average Bonchev–Trinajstić information content (AvgIpc) is 2.27. The molecule has 0 aliphatic carbocycles. The minimum absolute atomic E-state index is 0.170. The highest BCUT2D eigenvalue weighted by Gasteiger charge is 2.35. The molecule has 106 valence electrons. The summed E-state index contributed by atoms with van der Waals surface area (Å²) in [6.07, 6.45) is -3.50. The van der Waals surface area contributed by atoms with Crippen LogP contribution in [0.2, 0.25) is 0 Å². The van der Waals surface area contributed by atoms with Gasteiger partial charge in [-0.1, -0.05) is 6.07 Å². The first kappa shape index (κ1) is 14.3. The van der Waals surface area contributed by atoms with Gasteiger partial charge in [-0.15, -0.1) is 0 Å². The van der Waals surface area contributed by atoms with Gasteiger partial charge in [-0.25, -0.2) is 4.39 Å². The molecule has 19 heavy (non-hydrogen) atoms. The van der Waals surface area contributed by atoms with Crippen molar-refractivity contribution in [3.05, 3.63) is 35.1 Å². The number of halogens is 4. The van der Waals surface area contributed by atoms with Crippen molar-refractivity contribution < 1.29 is 22.7 Å². The lowest BCUT2D eigenvalue weighted by atomic mass is 9.86. The first-order valence-corrected chi connectivity index (χ1v) is 6.09. The second-order valence-corrected chi connectivity index (χ2v) is 4.96. The number of hydrogen-bond donors (Lipinski definition) is 2. The van der Waals surface area contributed by atoms with Crippen molar-refractivity contribution >= 4 is 0 Å². The smallest absolute Gasteiger partial charge is 0.389 e. The molecule has 2 N–H and O–H groups in total. The molecule has 2 nitrogen and oxygen atoms in total. The minimum Gasteiger partial charge on any atom is -0.389 e. The fourth-order valence-electron chi connectivity index (χ4n) is 2.35. The van der Waals surface area contributed by atoms with E-state index in [0.717, 1.165) is 12.1 Å². The van der Waals surface area contributed by atoms with Crippen LogP contribution in [-0.2, 0) is 12.6 Å². The molecule has 6 heteroatoms. The Kier molecular flexibility index (Phi) is 3.82. The third-order valence-electron chi connectivity index (χ3n) is 3.41. The SMILES string of the molecule is OC1(Cc2ccc(C(F)(F)F)c(F)c2)CCNCC1. The maximum atomic E-state index is 13.4. The van der Waals surface area contributed by atoms with E-state index in [2.05, 4.69) is 5.32 Å². The number of hydrogen-bond acceptors (Lipinski definition) is 2. The van der Waals surface area contributed by atoms with E-state index in [-0.39, 0.29) is 6.42 Å². The van der Waals surface area contributed by atoms with E-state index in [1.807, 2.05) is 0 Å². The van der Waals surface area contributed by atoms with Gasteiger partial charge in [-0.3, -0.25) is 0 Å². The first-order chi connectivity index (χ1) is 8.80. The van der Waals surface area contributed by atoms with Crippen molar-refractivity contribution in [3.63, 3.8) is 0 Å². The van der Waals surface area contributed by atoms with Gasteiger partial charge in [0.05, 0.1) is 11.2 Å². The molecule has 0 unspecified atom stereocenters. The summed E-state index contributed by atoms with van der Waals surface area (Å²) >= 11 is 0. The van der Waals surface area contributed by atoms with Gasteiger partial charge >= 0.3 is 6.18 Å². The van der Waals surface area contributed by atoms with E-state index in [9.17, 15) is 22.7 Å². The van der Waals surface area contributed by atoms with Crippen LogP contribution >= 0.6 is 0 Å². The van der Waals surface area contributed by atoms with Gasteiger partial charge in [-0.05, 0) is 43.6 Å². The number of piperidine rings is 1. The summed E-state index contributed by atoms with van der Waals surface area (Å²) in [4.78, 5) is 0. The Hall–Kier alpha value is -1.14. The quantitative estimate of drug-likeness (QED) is 0.814. The lowest BCUT2D eigenvalue weighted by molar-refractivity contribution is -0.140. The van der Waals surface area contributed by atoms with Crippen LogP contribution in [0.4, 0.5) is 17.6 Å². The molecule has 1 aromatic rings. The van der Waals surface area contributed by atoms with E-state index in [1.54, 1.807) is 0 Å². The summed E-state index contributed by atoms with van der Waals surface area (Å²) in [6, 6.07) is 2.82. The first-order valence-electron chi connectivity index (χ1n) is 6.09. The highest BCUT2D eigenvalue weighted by molar-refractivity contribution is 5.27. The molecular weight excluding hydrogens is 262 g/mol. The normalized spacial score (nSPS) is 19.4. The molecule has 2 rings (SSSR count). The summed E-state index contributed by atoms with van der Waals surface area (Å²) in [5, 5.41) is 13.3. The highest BCUT2D eigenvalue weighted by atomic mass is 19.4. The van der Waals surface area contributed by atoms with E-state index in [4.69, 9.17) is 0 Å². The molecule has 1 aromatic carbocycles. The average molecular weight is 277 g/mol. The van der Waals surface area contributed by atoms with Crippen molar-refractivity contribution in [2.24, 2.45) is 0 Å². The zero-order valence-corrected chi connectivity index (χ0v) is 10.2. The number of benzene rings is 1. The standard InChI is InChI=1S/C13H15F4NO/c14-11-7-9(1-2-10(11)13(15,16)17)8-12(19)3-5-18-6-4-12/h1-2,7,18-19H,3-6,8H2. The van der Waals surface area contributed by atoms with Gasteiger partial charge in [0.25, 0.3) is 0 Å². The fourth-order valence-corrected chi connectivity index (χ4v) is 2.35. The summed E-state index contributed by atoms with van der Waals surface area (Å²) in [6.45, 7) is 1.30. The van der Waals surface area contributed by atoms with Crippen LogP contribution in [0.3, 0.4) is 0 Å². The molecule has 1 saturated heterocycles. The van der Waals surface area contributed by atoms with Gasteiger partial charge in [0, 0.05) is 6.42 Å². The van der Waals surface area contributed by atoms with E-state index < -0.39 is 23.2 Å². The van der Waals surface area contributed by atoms with Gasteiger partial charge in [-0.2, -0.15) is 13.2 Å². The van der Waals surface area contributed by atoms with Gasteiger partial charge in [0.15, 0.2) is 0 Å². The van der Waals surface area contributed by atoms with Crippen LogP contribution < -0.4 is 5.32 Å². The molecule has 0 spiro atoms. The van der Waals surface area contributed by atoms with Crippen LogP contribution in [-0.4, -0.2) is 23.8 Å². The monoisotopic (exact) mass is 277 g/mol. The summed E-state index contributed by atoms with van der Waals surface area (Å²) in [5.41, 5.74) is -1.85. The molecule has 0 bridgehead atoms. The van der Waals surface area contributed by atoms with Crippen molar-refractivity contribution in [1.29, 1.82) is 0 Å². The van der Waals surface area contributed by atoms with Gasteiger partial charge in [0.1, 0.15) is 5.82 Å². The molecule has 1 aliphatic rings. The highest BCUT2D eigenvalue weighted by Crippen LogP contribution is 2.32. The summed E-state index contributed by atoms with van der Waals surface area (Å²) < 4.78 is 50.7. The maximum absolute atomic E-state index is 13.4. The second kappa shape index (κ2) is 5.09. The number of rotatable bonds is 2. The largest absolute Gasteiger partial charge is 0.419 e. The third kappa shape index (κ3) is 3.45. The van der Waals surface area contributed by atoms with Crippen LogP contribution in [0.1, 0.15) is 24.0 Å². The minimum atomic E-state index is -4.69. The van der Waals surface area contributed by atoms with Crippen molar-refractivity contribution in [3.8, 4) is 0 Å². The Morgan fingerprint density at radius 3 is 2.37 bits per heavy atom. The van der Waals surface area contributed by atoms with Crippen LogP contribution in [0.5, 0.6) is 0 Å². The molecule has 0 amide bonds. The van der Waals surface area contributed by atoms with Crippen LogP contribution in [0, 0.1) is 5.82 Å². The summed E-state index contributed by atoms with van der Waals surface area (Å²) in [7, 11) is 0. The van der Waals surface area contributed by atoms with Crippen LogP contribution in [0.25, 0.3) is 0 Å². The fraction of sp³-hybridized carbons (Fsp3) is 0.538. The Morgan fingerprint density at radius 2 is 1.84 bits per heavy atom. The number of nitrogens with one attached hydrogen (secondary N) is 1. The molecule has 0 radical (unpaired) electrons. The van der Waals surface area contributed by atoms with Gasteiger partial charge < -0.3 is 10.4 Å². The number of aliphatic hydroxyl groups is 1. The van der Waals surface area contributed by atoms with Gasteiger partial charge in [0.2, 0.25) is 0 Å². The molecule has 1 heterocycles. The molecule has 0 saturated carbocycles. The maximum Gasteiger partial charge on any atom is 0.419 e. The zero-order valence-electron chi connectivity index (χ0n) is 10.2. The predicted molar refractivity (Wildman–Crippen MR) is 62.2 cm³/mol. The molecule has 0 atom stereocenters. The van der Waals surface area contributed by atoms with Crippen molar-refractivity contribution in [1.82, 2.24) is 5.32 Å². The van der Waals surface area contributed by atoms with Crippen molar-refractivity contribution in [2.45, 2.75) is 31.0 Å². The Morgan fingerprint density at radius 1 is 1.21 bits per heavy atom. The molecule has 1 fully saturated rings. The van der Waals surface area contributed by atoms with E-state index >= 15 is 0 Å². The van der Waals surface area contributed by atoms with E-state index in [0.29, 0.717) is 31.5 Å². The van der Waals surface area contributed by atoms with E-state index in [1.165, 1.54) is 6.07 Å². The molecule has 1 aliphatic heterocycles. The lowest BCUT2D eigenvalue weighted by Gasteiger charge is -2.32. The topological polar surface area (TPSA) is 32.3 Å². The Bertz CT molecular complexity index is 452. The Balaban J connectivity index is 2.16. The third-order valence-corrected chi connectivity index (χ3v) is 3.41. The zero-order chi connectivity index (χ0) is 14.1. The molecule has 0 aromatic heterocycles. The van der Waals surface area contributed by atoms with Crippen LogP contribution in [0.15, 0.2) is 18.2 Å². The number of alkyl halides is 3. The Labute approximate surface area is 108 Å². The molecular formula is C13H15F4NO. The lowest BCUT2D eigenvalue weighted by Crippen LogP contribution is -2.43. The van der Waals surface area contributed by atoms with Crippen molar-refractivity contribution in [2.75, 3.05) is 13.1 Å². The predicted octanol–water partition coefficient (Wildman–Crippen LogP) is 2.50. The summed E-state index contributed by atoms with van der Waals surface area (Å²) in [5.74, 6) is -1.29.